The Bertz CT molecular complexity index is 696. The summed E-state index contributed by atoms with van der Waals surface area (Å²) in [5.74, 6) is -0.676. The quantitative estimate of drug-likeness (QED) is 0.932. The molecule has 0 spiro atoms. The van der Waals surface area contributed by atoms with Crippen LogP contribution < -0.4 is 5.32 Å². The van der Waals surface area contributed by atoms with E-state index in [-0.39, 0.29) is 17.1 Å². The highest BCUT2D eigenvalue weighted by Gasteiger charge is 2.39. The molecule has 1 fully saturated rings. The van der Waals surface area contributed by atoms with E-state index in [9.17, 15) is 13.6 Å². The van der Waals surface area contributed by atoms with Crippen molar-refractivity contribution in [2.45, 2.75) is 32.6 Å². The standard InChI is InChI=1S/C15H15F2N3O2/c1-15(6-3-7-15)14(21)18-10-5-2-4-9(8-10)12-19-13(11(16)17)22-20-12/h2,4-5,8,11H,3,6-7H2,1H3,(H,18,21). The third-order valence-electron chi connectivity index (χ3n) is 4.01. The van der Waals surface area contributed by atoms with E-state index in [1.54, 1.807) is 24.3 Å². The molecule has 1 aromatic heterocycles. The van der Waals surface area contributed by atoms with Crippen LogP contribution in [0.3, 0.4) is 0 Å². The van der Waals surface area contributed by atoms with Crippen LogP contribution >= 0.6 is 0 Å². The molecular formula is C15H15F2N3O2. The average Bonchev–Trinajstić information content (AvgIpc) is 2.95. The highest BCUT2D eigenvalue weighted by atomic mass is 19.3. The lowest BCUT2D eigenvalue weighted by Gasteiger charge is -2.36. The van der Waals surface area contributed by atoms with Crippen LogP contribution in [-0.2, 0) is 4.79 Å². The number of nitrogens with zero attached hydrogens (tertiary/aromatic N) is 2. The smallest absolute Gasteiger partial charge is 0.315 e. The van der Waals surface area contributed by atoms with Gasteiger partial charge in [0.05, 0.1) is 0 Å². The van der Waals surface area contributed by atoms with Gasteiger partial charge in [0.2, 0.25) is 11.7 Å². The average molecular weight is 307 g/mol. The second kappa shape index (κ2) is 5.47. The molecule has 1 saturated carbocycles. The van der Waals surface area contributed by atoms with Crippen LogP contribution in [0.4, 0.5) is 14.5 Å². The molecule has 0 bridgehead atoms. The van der Waals surface area contributed by atoms with Crippen LogP contribution in [-0.4, -0.2) is 16.0 Å². The van der Waals surface area contributed by atoms with E-state index in [1.807, 2.05) is 6.92 Å². The van der Waals surface area contributed by atoms with E-state index >= 15 is 0 Å². The van der Waals surface area contributed by atoms with Gasteiger partial charge < -0.3 is 9.84 Å². The van der Waals surface area contributed by atoms with Crippen molar-refractivity contribution in [3.63, 3.8) is 0 Å². The maximum absolute atomic E-state index is 12.5. The number of carbonyl (C=O) groups excluding carboxylic acids is 1. The molecule has 0 radical (unpaired) electrons. The lowest BCUT2D eigenvalue weighted by atomic mass is 9.70. The van der Waals surface area contributed by atoms with Crippen LogP contribution in [0.5, 0.6) is 0 Å². The molecule has 1 aliphatic carbocycles. The minimum absolute atomic E-state index is 0.0303. The minimum atomic E-state index is -2.80. The molecule has 22 heavy (non-hydrogen) atoms. The van der Waals surface area contributed by atoms with Gasteiger partial charge >= 0.3 is 6.43 Å². The Kier molecular flexibility index (Phi) is 3.64. The van der Waals surface area contributed by atoms with Crippen LogP contribution in [0.25, 0.3) is 11.4 Å². The summed E-state index contributed by atoms with van der Waals surface area (Å²) in [4.78, 5) is 15.8. The molecule has 1 heterocycles. The maximum Gasteiger partial charge on any atom is 0.315 e. The number of benzene rings is 1. The summed E-state index contributed by atoms with van der Waals surface area (Å²) in [6, 6.07) is 6.74. The fourth-order valence-electron chi connectivity index (χ4n) is 2.39. The summed E-state index contributed by atoms with van der Waals surface area (Å²) >= 11 is 0. The van der Waals surface area contributed by atoms with Gasteiger partial charge in [0, 0.05) is 16.7 Å². The Morgan fingerprint density at radius 2 is 2.18 bits per heavy atom. The van der Waals surface area contributed by atoms with Crippen molar-refractivity contribution in [3.8, 4) is 11.4 Å². The van der Waals surface area contributed by atoms with Crippen LogP contribution in [0.15, 0.2) is 28.8 Å². The first kappa shape index (κ1) is 14.6. The number of aromatic nitrogens is 2. The van der Waals surface area contributed by atoms with Crippen molar-refractivity contribution in [2.75, 3.05) is 5.32 Å². The van der Waals surface area contributed by atoms with E-state index in [0.29, 0.717) is 11.3 Å². The van der Waals surface area contributed by atoms with Gasteiger partial charge in [-0.15, -0.1) is 0 Å². The highest BCUT2D eigenvalue weighted by molar-refractivity contribution is 5.96. The molecule has 116 valence electrons. The third-order valence-corrected chi connectivity index (χ3v) is 4.01. The van der Waals surface area contributed by atoms with E-state index in [0.717, 1.165) is 19.3 Å². The fourth-order valence-corrected chi connectivity index (χ4v) is 2.39. The summed E-state index contributed by atoms with van der Waals surface area (Å²) in [6.07, 6.45) is 0.00791. The zero-order valence-corrected chi connectivity index (χ0v) is 12.0. The van der Waals surface area contributed by atoms with Crippen LogP contribution in [0.1, 0.15) is 38.5 Å². The second-order valence-corrected chi connectivity index (χ2v) is 5.71. The zero-order valence-electron chi connectivity index (χ0n) is 12.0. The Balaban J connectivity index is 1.78. The van der Waals surface area contributed by atoms with Crippen molar-refractivity contribution in [1.29, 1.82) is 0 Å². The lowest BCUT2D eigenvalue weighted by Crippen LogP contribution is -2.39. The Morgan fingerprint density at radius 1 is 1.41 bits per heavy atom. The Morgan fingerprint density at radius 3 is 2.77 bits per heavy atom. The van der Waals surface area contributed by atoms with Gasteiger partial charge in [-0.25, -0.2) is 0 Å². The number of anilines is 1. The number of carbonyl (C=O) groups is 1. The van der Waals surface area contributed by atoms with Gasteiger partial charge in [-0.1, -0.05) is 30.6 Å². The van der Waals surface area contributed by atoms with E-state index < -0.39 is 12.3 Å². The fraction of sp³-hybridized carbons (Fsp3) is 0.400. The molecule has 0 saturated heterocycles. The van der Waals surface area contributed by atoms with Crippen molar-refractivity contribution in [3.05, 3.63) is 30.2 Å². The third kappa shape index (κ3) is 2.70. The molecule has 0 aliphatic heterocycles. The molecule has 7 heteroatoms. The molecule has 1 amide bonds. The van der Waals surface area contributed by atoms with Gasteiger partial charge in [0.1, 0.15) is 0 Å². The summed E-state index contributed by atoms with van der Waals surface area (Å²) in [5.41, 5.74) is 0.775. The largest absolute Gasteiger partial charge is 0.333 e. The molecule has 0 unspecified atom stereocenters. The van der Waals surface area contributed by atoms with Gasteiger partial charge in [-0.2, -0.15) is 13.8 Å². The monoisotopic (exact) mass is 307 g/mol. The first-order chi connectivity index (χ1) is 10.5. The molecule has 3 rings (SSSR count). The molecule has 1 aliphatic rings. The molecule has 0 atom stereocenters. The molecule has 1 N–H and O–H groups in total. The Labute approximate surface area is 125 Å². The summed E-state index contributed by atoms with van der Waals surface area (Å²) in [5, 5.41) is 6.38. The van der Waals surface area contributed by atoms with Crippen molar-refractivity contribution in [2.24, 2.45) is 5.41 Å². The van der Waals surface area contributed by atoms with E-state index in [4.69, 9.17) is 0 Å². The van der Waals surface area contributed by atoms with Gasteiger partial charge in [-0.05, 0) is 25.0 Å². The SMILES string of the molecule is CC1(C(=O)Nc2cccc(-c3noc(C(F)F)n3)c2)CCC1. The number of halogens is 2. The first-order valence-corrected chi connectivity index (χ1v) is 7.02. The highest BCUT2D eigenvalue weighted by Crippen LogP contribution is 2.41. The number of hydrogen-bond donors (Lipinski definition) is 1. The predicted octanol–water partition coefficient (Wildman–Crippen LogP) is 3.80. The number of rotatable bonds is 4. The van der Waals surface area contributed by atoms with Gasteiger partial charge in [0.25, 0.3) is 5.89 Å². The molecule has 5 nitrogen and oxygen atoms in total. The topological polar surface area (TPSA) is 68.0 Å². The number of amides is 1. The van der Waals surface area contributed by atoms with Crippen LogP contribution in [0.2, 0.25) is 0 Å². The maximum atomic E-state index is 12.5. The summed E-state index contributed by atoms with van der Waals surface area (Å²) < 4.78 is 29.4. The molecule has 1 aromatic carbocycles. The number of alkyl halides is 2. The lowest BCUT2D eigenvalue weighted by molar-refractivity contribution is -0.128. The number of hydrogen-bond acceptors (Lipinski definition) is 4. The minimum Gasteiger partial charge on any atom is -0.333 e. The Hall–Kier alpha value is -2.31. The zero-order chi connectivity index (χ0) is 15.7. The van der Waals surface area contributed by atoms with Crippen molar-refractivity contribution < 1.29 is 18.1 Å². The van der Waals surface area contributed by atoms with E-state index in [1.165, 1.54) is 0 Å². The molecule has 2 aromatic rings. The van der Waals surface area contributed by atoms with Crippen molar-refractivity contribution >= 4 is 11.6 Å². The van der Waals surface area contributed by atoms with Gasteiger partial charge in [0.15, 0.2) is 0 Å². The second-order valence-electron chi connectivity index (χ2n) is 5.71. The summed E-state index contributed by atoms with van der Waals surface area (Å²) in [6.45, 7) is 1.93. The predicted molar refractivity (Wildman–Crippen MR) is 75.3 cm³/mol. The van der Waals surface area contributed by atoms with Crippen molar-refractivity contribution in [1.82, 2.24) is 10.1 Å². The molecular weight excluding hydrogens is 292 g/mol. The van der Waals surface area contributed by atoms with Gasteiger partial charge in [-0.3, -0.25) is 4.79 Å². The normalized spacial score (nSPS) is 16.4. The summed E-state index contributed by atoms with van der Waals surface area (Å²) in [7, 11) is 0. The van der Waals surface area contributed by atoms with Crippen LogP contribution in [0, 0.1) is 5.41 Å². The first-order valence-electron chi connectivity index (χ1n) is 7.02. The van der Waals surface area contributed by atoms with E-state index in [2.05, 4.69) is 20.0 Å². The number of nitrogens with one attached hydrogen (secondary N) is 1.